The molecule has 3 rings (SSSR count). The Bertz CT molecular complexity index is 714. The molecule has 0 bridgehead atoms. The summed E-state index contributed by atoms with van der Waals surface area (Å²) in [6.45, 7) is 13.4. The van der Waals surface area contributed by atoms with E-state index in [2.05, 4.69) is 13.2 Å². The Morgan fingerprint density at radius 3 is 2.68 bits per heavy atom. The normalized spacial score (nSPS) is 37.8. The molecular formula is C20H24O5. The Morgan fingerprint density at radius 1 is 1.36 bits per heavy atom. The second kappa shape index (κ2) is 6.30. The molecule has 5 heteroatoms. The van der Waals surface area contributed by atoms with Crippen LogP contribution in [-0.2, 0) is 19.1 Å². The lowest BCUT2D eigenvalue weighted by atomic mass is 9.79. The van der Waals surface area contributed by atoms with Gasteiger partial charge in [-0.15, -0.1) is 0 Å². The van der Waals surface area contributed by atoms with E-state index in [1.807, 2.05) is 6.92 Å². The van der Waals surface area contributed by atoms with E-state index in [9.17, 15) is 14.7 Å². The summed E-state index contributed by atoms with van der Waals surface area (Å²) in [4.78, 5) is 24.4. The Balaban J connectivity index is 1.99. The van der Waals surface area contributed by atoms with Gasteiger partial charge in [0.05, 0.1) is 12.0 Å². The van der Waals surface area contributed by atoms with Crippen molar-refractivity contribution in [2.24, 2.45) is 17.8 Å². The van der Waals surface area contributed by atoms with Gasteiger partial charge in [-0.2, -0.15) is 0 Å². The summed E-state index contributed by atoms with van der Waals surface area (Å²) in [6.07, 6.45) is 2.10. The third-order valence-electron chi connectivity index (χ3n) is 5.68. The van der Waals surface area contributed by atoms with Gasteiger partial charge >= 0.3 is 11.9 Å². The van der Waals surface area contributed by atoms with Crippen LogP contribution in [0.5, 0.6) is 0 Å². The Kier molecular flexibility index (Phi) is 4.45. The first-order chi connectivity index (χ1) is 11.8. The van der Waals surface area contributed by atoms with Crippen molar-refractivity contribution in [1.82, 2.24) is 0 Å². The van der Waals surface area contributed by atoms with Crippen LogP contribution in [0.3, 0.4) is 0 Å². The number of aliphatic hydroxyl groups excluding tert-OH is 1. The van der Waals surface area contributed by atoms with Crippen LogP contribution in [0.1, 0.15) is 27.2 Å². The number of esters is 2. The maximum absolute atomic E-state index is 12.3. The molecule has 0 spiro atoms. The van der Waals surface area contributed by atoms with Crippen LogP contribution < -0.4 is 0 Å². The molecule has 0 amide bonds. The van der Waals surface area contributed by atoms with Crippen molar-refractivity contribution in [2.45, 2.75) is 45.5 Å². The number of allylic oxidation sites excluding steroid dienone is 1. The van der Waals surface area contributed by atoms with Crippen LogP contribution in [0.15, 0.2) is 47.6 Å². The molecule has 25 heavy (non-hydrogen) atoms. The van der Waals surface area contributed by atoms with Crippen molar-refractivity contribution >= 4 is 11.9 Å². The van der Waals surface area contributed by atoms with E-state index in [0.717, 1.165) is 11.1 Å². The fourth-order valence-corrected chi connectivity index (χ4v) is 4.26. The summed E-state index contributed by atoms with van der Waals surface area (Å²) in [5.74, 6) is -1.72. The van der Waals surface area contributed by atoms with E-state index >= 15 is 0 Å². The fourth-order valence-electron chi connectivity index (χ4n) is 4.26. The van der Waals surface area contributed by atoms with Crippen molar-refractivity contribution in [3.8, 4) is 0 Å². The van der Waals surface area contributed by atoms with E-state index in [1.165, 1.54) is 0 Å². The van der Waals surface area contributed by atoms with Gasteiger partial charge in [0.25, 0.3) is 0 Å². The van der Waals surface area contributed by atoms with Gasteiger partial charge in [0.2, 0.25) is 0 Å². The fraction of sp³-hybridized carbons (Fsp3) is 0.500. The predicted molar refractivity (Wildman–Crippen MR) is 92.3 cm³/mol. The average molecular weight is 344 g/mol. The maximum Gasteiger partial charge on any atom is 0.334 e. The SMILES string of the molecule is C=C1C[C@@H](OC(=O)/C(C)=C\C)[C@H]2C(=C)C(=O)O[C@@H]2[C@H]2C(C)=C[C@@H](O)[C@@H]12. The molecule has 0 aromatic rings. The first-order valence-corrected chi connectivity index (χ1v) is 8.54. The first-order valence-electron chi connectivity index (χ1n) is 8.54. The zero-order chi connectivity index (χ0) is 18.5. The molecule has 134 valence electrons. The van der Waals surface area contributed by atoms with Gasteiger partial charge in [0.15, 0.2) is 0 Å². The van der Waals surface area contributed by atoms with Crippen LogP contribution in [0.25, 0.3) is 0 Å². The number of carbonyl (C=O) groups is 2. The summed E-state index contributed by atoms with van der Waals surface area (Å²) in [5, 5.41) is 10.4. The van der Waals surface area contributed by atoms with Crippen LogP contribution in [0.4, 0.5) is 0 Å². The Morgan fingerprint density at radius 2 is 2.04 bits per heavy atom. The molecular weight excluding hydrogens is 320 g/mol. The minimum atomic E-state index is -0.669. The summed E-state index contributed by atoms with van der Waals surface area (Å²) < 4.78 is 11.3. The van der Waals surface area contributed by atoms with Gasteiger partial charge in [0.1, 0.15) is 12.2 Å². The lowest BCUT2D eigenvalue weighted by Gasteiger charge is -2.29. The first kappa shape index (κ1) is 17.7. The summed E-state index contributed by atoms with van der Waals surface area (Å²) >= 11 is 0. The molecule has 5 nitrogen and oxygen atoms in total. The molecule has 2 fully saturated rings. The highest BCUT2D eigenvalue weighted by atomic mass is 16.6. The average Bonchev–Trinajstić information content (AvgIpc) is 2.96. The van der Waals surface area contributed by atoms with Crippen LogP contribution >= 0.6 is 0 Å². The van der Waals surface area contributed by atoms with E-state index in [0.29, 0.717) is 17.6 Å². The molecule has 1 aliphatic heterocycles. The molecule has 0 aromatic carbocycles. The van der Waals surface area contributed by atoms with Gasteiger partial charge < -0.3 is 14.6 Å². The Labute approximate surface area is 147 Å². The number of carbonyl (C=O) groups excluding carboxylic acids is 2. The van der Waals surface area contributed by atoms with E-state index in [-0.39, 0.29) is 11.8 Å². The van der Waals surface area contributed by atoms with Gasteiger partial charge in [-0.3, -0.25) is 0 Å². The van der Waals surface area contributed by atoms with E-state index in [4.69, 9.17) is 9.47 Å². The summed E-state index contributed by atoms with van der Waals surface area (Å²) in [5.41, 5.74) is 2.59. The zero-order valence-electron chi connectivity index (χ0n) is 14.8. The van der Waals surface area contributed by atoms with E-state index < -0.39 is 36.2 Å². The zero-order valence-corrected chi connectivity index (χ0v) is 14.8. The third-order valence-corrected chi connectivity index (χ3v) is 5.68. The van der Waals surface area contributed by atoms with Gasteiger partial charge in [0, 0.05) is 29.4 Å². The van der Waals surface area contributed by atoms with Crippen LogP contribution in [0.2, 0.25) is 0 Å². The number of ether oxygens (including phenoxy) is 2. The molecule has 0 radical (unpaired) electrons. The number of hydrogen-bond acceptors (Lipinski definition) is 5. The van der Waals surface area contributed by atoms with Gasteiger partial charge in [-0.05, 0) is 20.8 Å². The highest BCUT2D eigenvalue weighted by Crippen LogP contribution is 2.51. The smallest absolute Gasteiger partial charge is 0.334 e. The molecule has 1 saturated heterocycles. The summed E-state index contributed by atoms with van der Waals surface area (Å²) in [7, 11) is 0. The molecule has 1 N–H and O–H groups in total. The number of fused-ring (bicyclic) bond motifs is 3. The molecule has 6 atom stereocenters. The number of hydrogen-bond donors (Lipinski definition) is 1. The van der Waals surface area contributed by atoms with Gasteiger partial charge in [-0.1, -0.05) is 36.5 Å². The van der Waals surface area contributed by atoms with Crippen molar-refractivity contribution in [1.29, 1.82) is 0 Å². The predicted octanol–water partition coefficient (Wildman–Crippen LogP) is 2.48. The minimum Gasteiger partial charge on any atom is -0.458 e. The lowest BCUT2D eigenvalue weighted by molar-refractivity contribution is -0.148. The highest BCUT2D eigenvalue weighted by molar-refractivity contribution is 5.92. The Hall–Kier alpha value is -2.14. The van der Waals surface area contributed by atoms with Crippen molar-refractivity contribution in [3.63, 3.8) is 0 Å². The second-order valence-electron chi connectivity index (χ2n) is 7.15. The molecule has 3 aliphatic rings. The monoisotopic (exact) mass is 344 g/mol. The topological polar surface area (TPSA) is 72.8 Å². The molecule has 2 aliphatic carbocycles. The molecule has 1 heterocycles. The quantitative estimate of drug-likeness (QED) is 0.473. The maximum atomic E-state index is 12.3. The molecule has 0 aromatic heterocycles. The van der Waals surface area contributed by atoms with Crippen molar-refractivity contribution < 1.29 is 24.2 Å². The third kappa shape index (κ3) is 2.76. The second-order valence-corrected chi connectivity index (χ2v) is 7.15. The number of aliphatic hydroxyl groups is 1. The number of rotatable bonds is 2. The van der Waals surface area contributed by atoms with Crippen LogP contribution in [0, 0.1) is 17.8 Å². The van der Waals surface area contributed by atoms with Crippen molar-refractivity contribution in [3.05, 3.63) is 47.6 Å². The van der Waals surface area contributed by atoms with Crippen LogP contribution in [-0.4, -0.2) is 35.4 Å². The highest BCUT2D eigenvalue weighted by Gasteiger charge is 2.56. The lowest BCUT2D eigenvalue weighted by Crippen LogP contribution is -2.36. The van der Waals surface area contributed by atoms with Gasteiger partial charge in [-0.25, -0.2) is 9.59 Å². The molecule has 0 unspecified atom stereocenters. The van der Waals surface area contributed by atoms with E-state index in [1.54, 1.807) is 26.0 Å². The largest absolute Gasteiger partial charge is 0.458 e. The standard InChI is InChI=1S/C20H24O5/c1-6-9(2)19(22)24-14-8-11(4)15-13(21)7-10(3)16(15)18-17(14)12(5)20(23)25-18/h6-7,13-18,21H,4-5,8H2,1-3H3/b9-6-/t13-,14-,15-,16+,17-,18-/m1/s1. The minimum absolute atomic E-state index is 0.165. The molecule has 1 saturated carbocycles. The van der Waals surface area contributed by atoms with Crippen molar-refractivity contribution in [2.75, 3.05) is 0 Å². The summed E-state index contributed by atoms with van der Waals surface area (Å²) in [6, 6.07) is 0.